The van der Waals surface area contributed by atoms with Crippen LogP contribution >= 0.6 is 11.8 Å². The number of nitrogens with one attached hydrogen (secondary N) is 1. The highest BCUT2D eigenvalue weighted by molar-refractivity contribution is 8.03. The summed E-state index contributed by atoms with van der Waals surface area (Å²) in [5.74, 6) is -1.18. The zero-order valence-electron chi connectivity index (χ0n) is 17.2. The van der Waals surface area contributed by atoms with Gasteiger partial charge < -0.3 is 10.2 Å². The van der Waals surface area contributed by atoms with Crippen LogP contribution in [0.15, 0.2) is 53.9 Å². The lowest BCUT2D eigenvalue weighted by molar-refractivity contribution is -0.132. The molecule has 2 atom stereocenters. The van der Waals surface area contributed by atoms with Crippen molar-refractivity contribution in [1.29, 1.82) is 0 Å². The molecule has 2 unspecified atom stereocenters. The molecule has 8 heteroatoms. The van der Waals surface area contributed by atoms with Gasteiger partial charge in [0.2, 0.25) is 11.8 Å². The number of halogens is 1. The predicted octanol–water partition coefficient (Wildman–Crippen LogP) is 3.84. The first-order valence-corrected chi connectivity index (χ1v) is 10.8. The second-order valence-electron chi connectivity index (χ2n) is 7.69. The van der Waals surface area contributed by atoms with Crippen molar-refractivity contribution in [3.63, 3.8) is 0 Å². The van der Waals surface area contributed by atoms with E-state index >= 15 is 0 Å². The minimum Gasteiger partial charge on any atom is -0.324 e. The molecule has 4 amide bonds. The molecule has 1 N–H and O–H groups in total. The van der Waals surface area contributed by atoms with Gasteiger partial charge in [0, 0.05) is 5.69 Å². The molecule has 0 spiro atoms. The van der Waals surface area contributed by atoms with E-state index in [9.17, 15) is 18.8 Å². The van der Waals surface area contributed by atoms with Gasteiger partial charge in [-0.05, 0) is 54.1 Å². The Bertz CT molecular complexity index is 1090. The van der Waals surface area contributed by atoms with Crippen molar-refractivity contribution in [3.8, 4) is 0 Å². The minimum absolute atomic E-state index is 0.143. The van der Waals surface area contributed by atoms with Crippen LogP contribution in [0.4, 0.5) is 14.9 Å². The highest BCUT2D eigenvalue weighted by Crippen LogP contribution is 2.35. The van der Waals surface area contributed by atoms with E-state index in [0.29, 0.717) is 5.69 Å². The van der Waals surface area contributed by atoms with E-state index in [0.717, 1.165) is 16.7 Å². The van der Waals surface area contributed by atoms with Gasteiger partial charge in [-0.15, -0.1) is 11.8 Å². The number of hydrogen-bond acceptors (Lipinski definition) is 4. The number of carbonyl (C=O) groups excluding carboxylic acids is 3. The van der Waals surface area contributed by atoms with Crippen LogP contribution in [0, 0.1) is 19.7 Å². The second kappa shape index (κ2) is 8.55. The smallest absolute Gasteiger partial charge is 0.324 e. The first kappa shape index (κ1) is 21.1. The molecule has 4 rings (SSSR count). The van der Waals surface area contributed by atoms with Gasteiger partial charge in [-0.3, -0.25) is 14.5 Å². The number of amides is 4. The Morgan fingerprint density at radius 1 is 1.13 bits per heavy atom. The number of aryl methyl sites for hydroxylation is 2. The Hall–Kier alpha value is -3.13. The molecule has 0 aliphatic carbocycles. The van der Waals surface area contributed by atoms with E-state index < -0.39 is 29.0 Å². The van der Waals surface area contributed by atoms with Gasteiger partial charge in [-0.2, -0.15) is 0 Å². The molecular weight excluding hydrogens is 417 g/mol. The quantitative estimate of drug-likeness (QED) is 0.769. The summed E-state index contributed by atoms with van der Waals surface area (Å²) in [5.41, 5.74) is 3.37. The maximum atomic E-state index is 13.4. The van der Waals surface area contributed by atoms with E-state index in [4.69, 9.17) is 0 Å². The number of imide groups is 1. The number of anilines is 1. The van der Waals surface area contributed by atoms with Crippen molar-refractivity contribution >= 4 is 35.3 Å². The summed E-state index contributed by atoms with van der Waals surface area (Å²) in [5, 5.41) is 3.92. The molecule has 6 nitrogen and oxygen atoms in total. The summed E-state index contributed by atoms with van der Waals surface area (Å²) in [6, 6.07) is 10.4. The van der Waals surface area contributed by atoms with Crippen LogP contribution < -0.4 is 5.32 Å². The van der Waals surface area contributed by atoms with Crippen molar-refractivity contribution in [2.75, 3.05) is 11.9 Å². The summed E-state index contributed by atoms with van der Waals surface area (Å²) in [6.07, 6.45) is 1.77. The standard InChI is InChI=1S/C23H22FN3O3S/c1-14-6-7-16(10-15(14)2)12-27-22(29)21-19(8-9-31-21)26(23(27)30)13-20(28)25-18-5-3-4-17(24)11-18/h3-11,19,21H,12-13H2,1-2H3,(H,25,28). The summed E-state index contributed by atoms with van der Waals surface area (Å²) in [4.78, 5) is 41.4. The number of hydrogen-bond donors (Lipinski definition) is 1. The fraction of sp³-hybridized carbons (Fsp3) is 0.261. The van der Waals surface area contributed by atoms with E-state index in [1.165, 1.54) is 39.8 Å². The van der Waals surface area contributed by atoms with Crippen LogP contribution in [0.5, 0.6) is 0 Å². The van der Waals surface area contributed by atoms with Crippen LogP contribution in [0.25, 0.3) is 0 Å². The number of thioether (sulfide) groups is 1. The highest BCUT2D eigenvalue weighted by atomic mass is 32.2. The predicted molar refractivity (Wildman–Crippen MR) is 118 cm³/mol. The average Bonchev–Trinajstić information content (AvgIpc) is 3.21. The largest absolute Gasteiger partial charge is 0.328 e. The van der Waals surface area contributed by atoms with Crippen molar-refractivity contribution in [2.45, 2.75) is 31.7 Å². The SMILES string of the molecule is Cc1ccc(CN2C(=O)C3SC=CC3N(CC(=O)Nc3cccc(F)c3)C2=O)cc1C. The molecule has 2 aromatic rings. The van der Waals surface area contributed by atoms with Gasteiger partial charge >= 0.3 is 6.03 Å². The molecule has 0 saturated carbocycles. The third kappa shape index (κ3) is 4.34. The fourth-order valence-corrected chi connectivity index (χ4v) is 4.78. The topological polar surface area (TPSA) is 69.7 Å². The Balaban J connectivity index is 1.53. The lowest BCUT2D eigenvalue weighted by atomic mass is 10.0. The second-order valence-corrected chi connectivity index (χ2v) is 8.74. The first-order chi connectivity index (χ1) is 14.8. The Morgan fingerprint density at radius 2 is 1.94 bits per heavy atom. The van der Waals surface area contributed by atoms with Crippen LogP contribution in [-0.2, 0) is 16.1 Å². The molecule has 0 radical (unpaired) electrons. The van der Waals surface area contributed by atoms with Crippen LogP contribution in [0.3, 0.4) is 0 Å². The number of nitrogens with zero attached hydrogens (tertiary/aromatic N) is 2. The van der Waals surface area contributed by atoms with Crippen molar-refractivity contribution in [2.24, 2.45) is 0 Å². The minimum atomic E-state index is -0.508. The van der Waals surface area contributed by atoms with Crippen LogP contribution in [0.1, 0.15) is 16.7 Å². The zero-order chi connectivity index (χ0) is 22.1. The van der Waals surface area contributed by atoms with E-state index in [2.05, 4.69) is 5.32 Å². The molecule has 2 aliphatic rings. The van der Waals surface area contributed by atoms with Crippen molar-refractivity contribution in [3.05, 3.63) is 76.5 Å². The molecule has 1 fully saturated rings. The fourth-order valence-electron chi connectivity index (χ4n) is 3.72. The van der Waals surface area contributed by atoms with Crippen molar-refractivity contribution < 1.29 is 18.8 Å². The molecule has 1 saturated heterocycles. The molecule has 160 valence electrons. The molecular formula is C23H22FN3O3S. The zero-order valence-corrected chi connectivity index (χ0v) is 18.0. The van der Waals surface area contributed by atoms with E-state index in [1.807, 2.05) is 32.0 Å². The number of urea groups is 1. The monoisotopic (exact) mass is 439 g/mol. The number of rotatable bonds is 5. The molecule has 2 aromatic carbocycles. The highest BCUT2D eigenvalue weighted by Gasteiger charge is 2.47. The number of benzene rings is 2. The lowest BCUT2D eigenvalue weighted by Crippen LogP contribution is -2.62. The summed E-state index contributed by atoms with van der Waals surface area (Å²) >= 11 is 1.35. The Labute approximate surface area is 184 Å². The van der Waals surface area contributed by atoms with Gasteiger partial charge in [0.25, 0.3) is 0 Å². The lowest BCUT2D eigenvalue weighted by Gasteiger charge is -2.41. The Morgan fingerprint density at radius 3 is 2.68 bits per heavy atom. The molecule has 2 heterocycles. The molecule has 2 aliphatic heterocycles. The van der Waals surface area contributed by atoms with Crippen LogP contribution in [-0.4, -0.2) is 45.5 Å². The van der Waals surface area contributed by atoms with Gasteiger partial charge in [0.1, 0.15) is 17.6 Å². The molecule has 31 heavy (non-hydrogen) atoms. The normalized spacial score (nSPS) is 20.2. The molecule has 0 bridgehead atoms. The van der Waals surface area contributed by atoms with Gasteiger partial charge in [0.05, 0.1) is 12.6 Å². The van der Waals surface area contributed by atoms with Gasteiger partial charge in [0.15, 0.2) is 0 Å². The van der Waals surface area contributed by atoms with Gasteiger partial charge in [-0.25, -0.2) is 9.18 Å². The summed E-state index contributed by atoms with van der Waals surface area (Å²) < 4.78 is 13.4. The number of carbonyl (C=O) groups is 3. The van der Waals surface area contributed by atoms with Crippen molar-refractivity contribution in [1.82, 2.24) is 9.80 Å². The first-order valence-electron chi connectivity index (χ1n) is 9.89. The third-order valence-corrected chi connectivity index (χ3v) is 6.58. The average molecular weight is 440 g/mol. The van der Waals surface area contributed by atoms with Crippen LogP contribution in [0.2, 0.25) is 0 Å². The third-order valence-electron chi connectivity index (χ3n) is 5.49. The maximum absolute atomic E-state index is 13.4. The Kier molecular flexibility index (Phi) is 5.82. The van der Waals surface area contributed by atoms with E-state index in [1.54, 1.807) is 17.6 Å². The maximum Gasteiger partial charge on any atom is 0.328 e. The summed E-state index contributed by atoms with van der Waals surface area (Å²) in [7, 11) is 0. The number of fused-ring (bicyclic) bond motifs is 1. The van der Waals surface area contributed by atoms with Gasteiger partial charge in [-0.1, -0.05) is 30.3 Å². The molecule has 0 aromatic heterocycles. The van der Waals surface area contributed by atoms with E-state index in [-0.39, 0.29) is 19.0 Å². The summed E-state index contributed by atoms with van der Waals surface area (Å²) in [6.45, 7) is 3.89.